The first-order valence-corrected chi connectivity index (χ1v) is 7.97. The minimum Gasteiger partial charge on any atom is -0.290 e. The van der Waals surface area contributed by atoms with Gasteiger partial charge in [-0.3, -0.25) is 27.1 Å². The summed E-state index contributed by atoms with van der Waals surface area (Å²) in [6, 6.07) is 0. The maximum atomic E-state index is 11.7. The molecule has 0 aliphatic heterocycles. The Hall–Kier alpha value is 0.220. The van der Waals surface area contributed by atoms with E-state index in [0.29, 0.717) is 0 Å². The molecule has 0 amide bonds. The van der Waals surface area contributed by atoms with E-state index in [2.05, 4.69) is 18.1 Å². The van der Waals surface area contributed by atoms with Gasteiger partial charge in [-0.1, -0.05) is 0 Å². The minimum absolute atomic E-state index is 0.714. The summed E-state index contributed by atoms with van der Waals surface area (Å²) in [4.78, 5) is 0. The number of rotatable bonds is 9. The van der Waals surface area contributed by atoms with Crippen LogP contribution in [0.15, 0.2) is 0 Å². The van der Waals surface area contributed by atoms with Crippen LogP contribution < -0.4 is 0 Å². The van der Waals surface area contributed by atoms with E-state index in [-0.39, 0.29) is 0 Å². The normalized spacial score (nSPS) is 16.6. The first-order chi connectivity index (χ1) is 8.25. The Labute approximate surface area is 107 Å². The van der Waals surface area contributed by atoms with Crippen LogP contribution in [-0.2, 0) is 36.3 Å². The summed E-state index contributed by atoms with van der Waals surface area (Å²) in [6.07, 6.45) is -1.43. The molecular weight excluding hydrogens is 286 g/mol. The summed E-state index contributed by atoms with van der Waals surface area (Å²) >= 11 is 0. The topological polar surface area (TPSA) is 89.5 Å². The lowest BCUT2D eigenvalue weighted by atomic mass is 10.3. The van der Waals surface area contributed by atoms with Crippen LogP contribution in [0.5, 0.6) is 0 Å². The van der Waals surface area contributed by atoms with E-state index >= 15 is 0 Å². The van der Waals surface area contributed by atoms with Crippen LogP contribution in [0.4, 0.5) is 0 Å². The predicted octanol–water partition coefficient (Wildman–Crippen LogP) is 2.60. The minimum atomic E-state index is -3.62. The van der Waals surface area contributed by atoms with Crippen LogP contribution in [0.1, 0.15) is 13.8 Å². The van der Waals surface area contributed by atoms with Gasteiger partial charge in [-0.25, -0.2) is 9.13 Å². The second-order valence-corrected chi connectivity index (χ2v) is 6.92. The van der Waals surface area contributed by atoms with E-state index < -0.39 is 27.9 Å². The maximum absolute atomic E-state index is 11.7. The smallest absolute Gasteiger partial charge is 0.290 e. The standard InChI is InChI=1S/C8H20O8P2/c1-7(15-17(9,11-3)12-4)8(2)16-18(10,13-5)14-6/h7-8H,1-6H3. The molecule has 0 saturated heterocycles. The molecule has 0 aliphatic rings. The van der Waals surface area contributed by atoms with E-state index in [0.717, 1.165) is 0 Å². The molecule has 2 unspecified atom stereocenters. The molecule has 0 heterocycles. The molecule has 0 aromatic carbocycles. The Morgan fingerprint density at radius 1 is 0.667 bits per heavy atom. The van der Waals surface area contributed by atoms with Crippen molar-refractivity contribution in [2.24, 2.45) is 0 Å². The van der Waals surface area contributed by atoms with Crippen molar-refractivity contribution in [3.63, 3.8) is 0 Å². The second-order valence-electron chi connectivity index (χ2n) is 3.25. The Kier molecular flexibility index (Phi) is 7.82. The van der Waals surface area contributed by atoms with Gasteiger partial charge in [-0.2, -0.15) is 0 Å². The second kappa shape index (κ2) is 7.72. The Morgan fingerprint density at radius 3 is 1.06 bits per heavy atom. The first kappa shape index (κ1) is 18.2. The van der Waals surface area contributed by atoms with Gasteiger partial charge in [0.1, 0.15) is 0 Å². The van der Waals surface area contributed by atoms with Gasteiger partial charge in [0.25, 0.3) is 0 Å². The molecular formula is C8H20O8P2. The molecule has 0 fully saturated rings. The van der Waals surface area contributed by atoms with E-state index in [1.165, 1.54) is 28.4 Å². The summed E-state index contributed by atoms with van der Waals surface area (Å²) in [5.74, 6) is 0. The van der Waals surface area contributed by atoms with Gasteiger partial charge < -0.3 is 0 Å². The zero-order chi connectivity index (χ0) is 14.4. The van der Waals surface area contributed by atoms with Gasteiger partial charge in [-0.15, -0.1) is 0 Å². The molecule has 0 rings (SSSR count). The molecule has 0 radical (unpaired) electrons. The van der Waals surface area contributed by atoms with Crippen molar-refractivity contribution in [3.8, 4) is 0 Å². The Morgan fingerprint density at radius 2 is 0.889 bits per heavy atom. The molecule has 0 aromatic heterocycles. The largest absolute Gasteiger partial charge is 0.474 e. The van der Waals surface area contributed by atoms with Crippen LogP contribution in [0, 0.1) is 0 Å². The highest BCUT2D eigenvalue weighted by atomic mass is 31.2. The summed E-state index contributed by atoms with van der Waals surface area (Å²) in [7, 11) is -2.48. The van der Waals surface area contributed by atoms with Gasteiger partial charge in [0.2, 0.25) is 0 Å². The van der Waals surface area contributed by atoms with Crippen molar-refractivity contribution in [3.05, 3.63) is 0 Å². The number of hydrogen-bond acceptors (Lipinski definition) is 8. The van der Waals surface area contributed by atoms with Crippen molar-refractivity contribution in [2.45, 2.75) is 26.1 Å². The molecule has 18 heavy (non-hydrogen) atoms. The summed E-state index contributed by atoms with van der Waals surface area (Å²) in [5, 5.41) is 0. The predicted molar refractivity (Wildman–Crippen MR) is 64.3 cm³/mol. The average Bonchev–Trinajstić information content (AvgIpc) is 2.38. The molecule has 0 bridgehead atoms. The third kappa shape index (κ3) is 5.47. The summed E-state index contributed by atoms with van der Waals surface area (Å²) < 4.78 is 52.1. The van der Waals surface area contributed by atoms with Crippen molar-refractivity contribution in [1.29, 1.82) is 0 Å². The third-order valence-electron chi connectivity index (χ3n) is 2.15. The van der Waals surface area contributed by atoms with Crippen LogP contribution in [0.25, 0.3) is 0 Å². The quantitative estimate of drug-likeness (QED) is 0.600. The fourth-order valence-electron chi connectivity index (χ4n) is 0.900. The van der Waals surface area contributed by atoms with Crippen LogP contribution >= 0.6 is 15.6 Å². The van der Waals surface area contributed by atoms with Crippen LogP contribution in [0.3, 0.4) is 0 Å². The zero-order valence-electron chi connectivity index (χ0n) is 11.3. The van der Waals surface area contributed by atoms with Gasteiger partial charge in [0.05, 0.1) is 12.2 Å². The zero-order valence-corrected chi connectivity index (χ0v) is 13.1. The van der Waals surface area contributed by atoms with E-state index in [1.807, 2.05) is 0 Å². The number of phosphoric acid groups is 2. The number of hydrogen-bond donors (Lipinski definition) is 0. The van der Waals surface area contributed by atoms with Crippen molar-refractivity contribution >= 4 is 15.6 Å². The monoisotopic (exact) mass is 306 g/mol. The van der Waals surface area contributed by atoms with Gasteiger partial charge in [0.15, 0.2) is 0 Å². The molecule has 8 nitrogen and oxygen atoms in total. The highest BCUT2D eigenvalue weighted by Gasteiger charge is 2.33. The summed E-state index contributed by atoms with van der Waals surface area (Å²) in [5.41, 5.74) is 0. The van der Waals surface area contributed by atoms with Crippen molar-refractivity contribution < 1.29 is 36.3 Å². The van der Waals surface area contributed by atoms with Crippen molar-refractivity contribution in [1.82, 2.24) is 0 Å². The third-order valence-corrected chi connectivity index (χ3v) is 5.12. The Bertz CT molecular complexity index is 285. The lowest BCUT2D eigenvalue weighted by molar-refractivity contribution is 0.0193. The fourth-order valence-corrected chi connectivity index (χ4v) is 2.70. The maximum Gasteiger partial charge on any atom is 0.474 e. The average molecular weight is 306 g/mol. The molecule has 110 valence electrons. The van der Waals surface area contributed by atoms with E-state index in [1.54, 1.807) is 13.8 Å². The molecule has 0 saturated carbocycles. The highest BCUT2D eigenvalue weighted by molar-refractivity contribution is 7.48. The van der Waals surface area contributed by atoms with Crippen LogP contribution in [0.2, 0.25) is 0 Å². The first-order valence-electron chi connectivity index (χ1n) is 5.05. The molecule has 0 aliphatic carbocycles. The molecule has 0 aromatic rings. The van der Waals surface area contributed by atoms with Crippen molar-refractivity contribution in [2.75, 3.05) is 28.4 Å². The number of phosphoric ester groups is 2. The van der Waals surface area contributed by atoms with Gasteiger partial charge in [-0.05, 0) is 13.8 Å². The molecule has 0 N–H and O–H groups in total. The van der Waals surface area contributed by atoms with Crippen LogP contribution in [-0.4, -0.2) is 40.6 Å². The van der Waals surface area contributed by atoms with Gasteiger partial charge >= 0.3 is 15.6 Å². The SMILES string of the molecule is COP(=O)(OC)OC(C)C(C)OP(=O)(OC)OC. The summed E-state index contributed by atoms with van der Waals surface area (Å²) in [6.45, 7) is 3.12. The lowest BCUT2D eigenvalue weighted by Gasteiger charge is -2.25. The molecule has 10 heteroatoms. The highest BCUT2D eigenvalue weighted by Crippen LogP contribution is 2.52. The van der Waals surface area contributed by atoms with E-state index in [4.69, 9.17) is 9.05 Å². The van der Waals surface area contributed by atoms with Gasteiger partial charge in [0, 0.05) is 28.4 Å². The fraction of sp³-hybridized carbons (Fsp3) is 1.00. The van der Waals surface area contributed by atoms with E-state index in [9.17, 15) is 9.13 Å². The molecule has 2 atom stereocenters. The Balaban J connectivity index is 4.57. The lowest BCUT2D eigenvalue weighted by Crippen LogP contribution is -2.25. The molecule has 0 spiro atoms.